The molecule has 0 bridgehead atoms. The van der Waals surface area contributed by atoms with E-state index < -0.39 is 18.0 Å². The van der Waals surface area contributed by atoms with Crippen LogP contribution in [0.5, 0.6) is 5.75 Å². The minimum atomic E-state index is -0.996. The molecule has 25 heavy (non-hydrogen) atoms. The number of nitriles is 1. The molecule has 1 N–H and O–H groups in total. The Morgan fingerprint density at radius 2 is 1.96 bits per heavy atom. The van der Waals surface area contributed by atoms with Crippen LogP contribution in [0.3, 0.4) is 0 Å². The van der Waals surface area contributed by atoms with Gasteiger partial charge in [-0.1, -0.05) is 6.07 Å². The van der Waals surface area contributed by atoms with Gasteiger partial charge < -0.3 is 14.8 Å². The third kappa shape index (κ3) is 5.33. The number of benzene rings is 1. The SMILES string of the molecule is Cc1cc(C)cc(OCC(=O)OC(C)C(=O)Nc2sccc2C#N)c1. The minimum absolute atomic E-state index is 0.289. The van der Waals surface area contributed by atoms with Crippen LogP contribution in [0.25, 0.3) is 0 Å². The van der Waals surface area contributed by atoms with Crippen molar-refractivity contribution in [1.82, 2.24) is 0 Å². The molecule has 1 atom stereocenters. The Morgan fingerprint density at radius 1 is 1.28 bits per heavy atom. The fourth-order valence-corrected chi connectivity index (χ4v) is 2.89. The van der Waals surface area contributed by atoms with Crippen LogP contribution in [0.15, 0.2) is 29.6 Å². The number of aryl methyl sites for hydroxylation is 2. The molecule has 0 saturated carbocycles. The highest BCUT2D eigenvalue weighted by molar-refractivity contribution is 7.14. The maximum Gasteiger partial charge on any atom is 0.344 e. The summed E-state index contributed by atoms with van der Waals surface area (Å²) in [6, 6.07) is 9.21. The number of nitrogens with zero attached hydrogens (tertiary/aromatic N) is 1. The van der Waals surface area contributed by atoms with Gasteiger partial charge in [0.25, 0.3) is 5.91 Å². The molecule has 1 aromatic heterocycles. The van der Waals surface area contributed by atoms with E-state index in [2.05, 4.69) is 5.32 Å². The van der Waals surface area contributed by atoms with Crippen molar-refractivity contribution in [2.75, 3.05) is 11.9 Å². The van der Waals surface area contributed by atoms with Gasteiger partial charge in [-0.25, -0.2) is 4.79 Å². The predicted molar refractivity (Wildman–Crippen MR) is 94.6 cm³/mol. The molecule has 0 spiro atoms. The molecule has 0 saturated heterocycles. The number of amides is 1. The van der Waals surface area contributed by atoms with Crippen molar-refractivity contribution < 1.29 is 19.1 Å². The largest absolute Gasteiger partial charge is 0.482 e. The van der Waals surface area contributed by atoms with Crippen molar-refractivity contribution in [2.24, 2.45) is 0 Å². The van der Waals surface area contributed by atoms with Crippen LogP contribution < -0.4 is 10.1 Å². The quantitative estimate of drug-likeness (QED) is 0.801. The first-order valence-corrected chi connectivity index (χ1v) is 8.46. The topological polar surface area (TPSA) is 88.4 Å². The van der Waals surface area contributed by atoms with Crippen LogP contribution in [0.1, 0.15) is 23.6 Å². The zero-order chi connectivity index (χ0) is 18.4. The Labute approximate surface area is 150 Å². The Bertz CT molecular complexity index is 802. The Hall–Kier alpha value is -2.85. The summed E-state index contributed by atoms with van der Waals surface area (Å²) < 4.78 is 10.5. The number of carbonyl (C=O) groups is 2. The number of esters is 1. The molecule has 130 valence electrons. The van der Waals surface area contributed by atoms with Crippen molar-refractivity contribution >= 4 is 28.2 Å². The van der Waals surface area contributed by atoms with Gasteiger partial charge in [0.2, 0.25) is 0 Å². The maximum atomic E-state index is 12.0. The smallest absolute Gasteiger partial charge is 0.344 e. The molecule has 0 aliphatic carbocycles. The second-order valence-electron chi connectivity index (χ2n) is 5.51. The summed E-state index contributed by atoms with van der Waals surface area (Å²) in [5, 5.41) is 13.6. The number of nitrogens with one attached hydrogen (secondary N) is 1. The highest BCUT2D eigenvalue weighted by Gasteiger charge is 2.19. The van der Waals surface area contributed by atoms with Crippen molar-refractivity contribution in [3.63, 3.8) is 0 Å². The number of hydrogen-bond acceptors (Lipinski definition) is 6. The van der Waals surface area contributed by atoms with Crippen molar-refractivity contribution in [3.8, 4) is 11.8 Å². The van der Waals surface area contributed by atoms with E-state index in [1.54, 1.807) is 11.4 Å². The van der Waals surface area contributed by atoms with E-state index in [1.165, 1.54) is 18.3 Å². The molecule has 0 aliphatic rings. The van der Waals surface area contributed by atoms with E-state index in [-0.39, 0.29) is 6.61 Å². The van der Waals surface area contributed by atoms with Crippen LogP contribution in [0.2, 0.25) is 0 Å². The number of thiophene rings is 1. The third-order valence-corrected chi connectivity index (χ3v) is 4.08. The van der Waals surface area contributed by atoms with E-state index in [0.717, 1.165) is 11.1 Å². The molecular formula is C18H18N2O4S. The minimum Gasteiger partial charge on any atom is -0.482 e. The highest BCUT2D eigenvalue weighted by Crippen LogP contribution is 2.22. The predicted octanol–water partition coefficient (Wildman–Crippen LogP) is 3.19. The van der Waals surface area contributed by atoms with Gasteiger partial charge in [-0.05, 0) is 55.5 Å². The first-order valence-electron chi connectivity index (χ1n) is 7.58. The zero-order valence-electron chi connectivity index (χ0n) is 14.2. The molecule has 0 fully saturated rings. The zero-order valence-corrected chi connectivity index (χ0v) is 15.0. The molecular weight excluding hydrogens is 340 g/mol. The Morgan fingerprint density at radius 3 is 2.60 bits per heavy atom. The number of carbonyl (C=O) groups excluding carboxylic acids is 2. The molecule has 1 unspecified atom stereocenters. The summed E-state index contributed by atoms with van der Waals surface area (Å²) in [6.45, 7) is 5.04. The lowest BCUT2D eigenvalue weighted by atomic mass is 10.1. The van der Waals surface area contributed by atoms with Crippen LogP contribution in [-0.2, 0) is 14.3 Å². The summed E-state index contributed by atoms with van der Waals surface area (Å²) in [4.78, 5) is 23.9. The van der Waals surface area contributed by atoms with Gasteiger partial charge in [0, 0.05) is 0 Å². The highest BCUT2D eigenvalue weighted by atomic mass is 32.1. The van der Waals surface area contributed by atoms with Crippen LogP contribution in [-0.4, -0.2) is 24.6 Å². The van der Waals surface area contributed by atoms with E-state index in [4.69, 9.17) is 14.7 Å². The first kappa shape index (κ1) is 18.5. The Kier molecular flexibility index (Phi) is 6.14. The van der Waals surface area contributed by atoms with Crippen molar-refractivity contribution in [1.29, 1.82) is 5.26 Å². The maximum absolute atomic E-state index is 12.0. The number of rotatable bonds is 6. The van der Waals surface area contributed by atoms with Crippen LogP contribution in [0.4, 0.5) is 5.00 Å². The summed E-state index contributed by atoms with van der Waals surface area (Å²) in [5.41, 5.74) is 2.43. The molecule has 7 heteroatoms. The van der Waals surface area contributed by atoms with Gasteiger partial charge in [0.15, 0.2) is 12.7 Å². The summed E-state index contributed by atoms with van der Waals surface area (Å²) >= 11 is 1.23. The normalized spacial score (nSPS) is 11.3. The average molecular weight is 358 g/mol. The summed E-state index contributed by atoms with van der Waals surface area (Å²) in [5.74, 6) is -0.573. The van der Waals surface area contributed by atoms with E-state index in [9.17, 15) is 9.59 Å². The third-order valence-electron chi connectivity index (χ3n) is 3.25. The van der Waals surface area contributed by atoms with Gasteiger partial charge in [-0.15, -0.1) is 11.3 Å². The summed E-state index contributed by atoms with van der Waals surface area (Å²) in [6.07, 6.45) is -0.996. The first-order chi connectivity index (χ1) is 11.9. The van der Waals surface area contributed by atoms with Gasteiger partial charge in [0.05, 0.1) is 5.56 Å². The van der Waals surface area contributed by atoms with Gasteiger partial charge in [0.1, 0.15) is 16.8 Å². The van der Waals surface area contributed by atoms with E-state index in [0.29, 0.717) is 16.3 Å². The number of anilines is 1. The fraction of sp³-hybridized carbons (Fsp3) is 0.278. The lowest BCUT2D eigenvalue weighted by Crippen LogP contribution is -2.31. The lowest BCUT2D eigenvalue weighted by Gasteiger charge is -2.13. The fourth-order valence-electron chi connectivity index (χ4n) is 2.15. The molecule has 1 amide bonds. The number of ether oxygens (including phenoxy) is 2. The second kappa shape index (κ2) is 8.31. The van der Waals surface area contributed by atoms with Crippen molar-refractivity contribution in [3.05, 3.63) is 46.3 Å². The standard InChI is InChI=1S/C18H18N2O4S/c1-11-6-12(2)8-15(7-11)23-10-16(21)24-13(3)17(22)20-18-14(9-19)4-5-25-18/h4-8,13H,10H2,1-3H3,(H,20,22). The Balaban J connectivity index is 1.85. The van der Waals surface area contributed by atoms with Gasteiger partial charge >= 0.3 is 5.97 Å². The summed E-state index contributed by atoms with van der Waals surface area (Å²) in [7, 11) is 0. The molecule has 2 aromatic rings. The van der Waals surface area contributed by atoms with E-state index >= 15 is 0 Å². The molecule has 2 rings (SSSR count). The lowest BCUT2D eigenvalue weighted by molar-refractivity contribution is -0.155. The van der Waals surface area contributed by atoms with Crippen LogP contribution in [0, 0.1) is 25.2 Å². The monoisotopic (exact) mass is 358 g/mol. The molecule has 6 nitrogen and oxygen atoms in total. The average Bonchev–Trinajstić information content (AvgIpc) is 2.99. The van der Waals surface area contributed by atoms with Crippen molar-refractivity contribution in [2.45, 2.75) is 26.9 Å². The van der Waals surface area contributed by atoms with E-state index in [1.807, 2.05) is 38.1 Å². The number of hydrogen-bond donors (Lipinski definition) is 1. The van der Waals surface area contributed by atoms with Crippen LogP contribution >= 0.6 is 11.3 Å². The van der Waals surface area contributed by atoms with Gasteiger partial charge in [-0.3, -0.25) is 4.79 Å². The molecule has 1 heterocycles. The van der Waals surface area contributed by atoms with Gasteiger partial charge in [-0.2, -0.15) is 5.26 Å². The molecule has 1 aromatic carbocycles. The second-order valence-corrected chi connectivity index (χ2v) is 6.42. The molecule has 0 aliphatic heterocycles. The molecule has 0 radical (unpaired) electrons.